The van der Waals surface area contributed by atoms with E-state index in [-0.39, 0.29) is 11.9 Å². The van der Waals surface area contributed by atoms with E-state index in [1.54, 1.807) is 6.20 Å². The summed E-state index contributed by atoms with van der Waals surface area (Å²) < 4.78 is 11.1. The first-order chi connectivity index (χ1) is 13.8. The number of hydrogen-bond acceptors (Lipinski definition) is 4. The van der Waals surface area contributed by atoms with Gasteiger partial charge in [-0.15, -0.1) is 0 Å². The predicted octanol–water partition coefficient (Wildman–Crippen LogP) is 3.38. The third-order valence-electron chi connectivity index (χ3n) is 5.89. The van der Waals surface area contributed by atoms with Gasteiger partial charge < -0.3 is 14.8 Å². The fraction of sp³-hybridized carbons (Fsp3) is 0.478. The normalized spacial score (nSPS) is 21.8. The van der Waals surface area contributed by atoms with E-state index in [2.05, 4.69) is 40.6 Å². The number of carbonyl (C=O) groups excluding carboxylic acids is 1. The minimum Gasteiger partial charge on any atom is -0.381 e. The van der Waals surface area contributed by atoms with E-state index in [4.69, 9.17) is 9.47 Å². The lowest BCUT2D eigenvalue weighted by Gasteiger charge is -2.37. The molecule has 2 saturated heterocycles. The van der Waals surface area contributed by atoms with Crippen molar-refractivity contribution in [3.63, 3.8) is 0 Å². The van der Waals surface area contributed by atoms with Gasteiger partial charge in [-0.1, -0.05) is 30.3 Å². The molecule has 5 heteroatoms. The van der Waals surface area contributed by atoms with E-state index in [1.807, 2.05) is 12.3 Å². The van der Waals surface area contributed by atoms with Gasteiger partial charge in [0.1, 0.15) is 0 Å². The Labute approximate surface area is 166 Å². The van der Waals surface area contributed by atoms with Crippen LogP contribution in [0.5, 0.6) is 0 Å². The SMILES string of the molecule is O=C(NC1CCCOC1)C1(Cc2cccc(-c3cccnc3)c2)CCOCC1. The number of carbonyl (C=O) groups is 1. The van der Waals surface area contributed by atoms with Crippen molar-refractivity contribution in [3.8, 4) is 11.1 Å². The molecule has 148 valence electrons. The second kappa shape index (κ2) is 8.84. The number of rotatable bonds is 5. The average molecular weight is 380 g/mol. The molecule has 0 aliphatic carbocycles. The summed E-state index contributed by atoms with van der Waals surface area (Å²) >= 11 is 0. The number of aromatic nitrogens is 1. The van der Waals surface area contributed by atoms with Crippen molar-refractivity contribution in [3.05, 3.63) is 54.4 Å². The fourth-order valence-corrected chi connectivity index (χ4v) is 4.22. The predicted molar refractivity (Wildman–Crippen MR) is 108 cm³/mol. The van der Waals surface area contributed by atoms with Crippen molar-refractivity contribution in [2.75, 3.05) is 26.4 Å². The molecule has 2 aromatic rings. The average Bonchev–Trinajstić information content (AvgIpc) is 2.76. The van der Waals surface area contributed by atoms with E-state index in [1.165, 1.54) is 5.56 Å². The second-order valence-electron chi connectivity index (χ2n) is 7.90. The van der Waals surface area contributed by atoms with Gasteiger partial charge in [0.25, 0.3) is 0 Å². The zero-order valence-corrected chi connectivity index (χ0v) is 16.2. The number of benzene rings is 1. The Bertz CT molecular complexity index is 781. The molecule has 0 bridgehead atoms. The summed E-state index contributed by atoms with van der Waals surface area (Å²) in [6.45, 7) is 2.69. The number of pyridine rings is 1. The molecule has 1 aromatic heterocycles. The molecule has 28 heavy (non-hydrogen) atoms. The zero-order valence-electron chi connectivity index (χ0n) is 16.2. The lowest BCUT2D eigenvalue weighted by atomic mass is 9.74. The largest absolute Gasteiger partial charge is 0.381 e. The first kappa shape index (κ1) is 19.1. The van der Waals surface area contributed by atoms with Crippen molar-refractivity contribution in [1.29, 1.82) is 0 Å². The molecule has 3 heterocycles. The first-order valence-electron chi connectivity index (χ1n) is 10.2. The summed E-state index contributed by atoms with van der Waals surface area (Å²) in [6, 6.07) is 12.6. The molecule has 1 atom stereocenters. The van der Waals surface area contributed by atoms with Crippen LogP contribution in [0.15, 0.2) is 48.8 Å². The Kier molecular flexibility index (Phi) is 6.03. The number of ether oxygens (including phenoxy) is 2. The molecule has 0 spiro atoms. The van der Waals surface area contributed by atoms with Crippen LogP contribution < -0.4 is 5.32 Å². The van der Waals surface area contributed by atoms with Crippen LogP contribution in [-0.2, 0) is 20.7 Å². The molecular weight excluding hydrogens is 352 g/mol. The number of nitrogens with one attached hydrogen (secondary N) is 1. The summed E-state index contributed by atoms with van der Waals surface area (Å²) in [7, 11) is 0. The van der Waals surface area contributed by atoms with Gasteiger partial charge in [0.2, 0.25) is 5.91 Å². The summed E-state index contributed by atoms with van der Waals surface area (Å²) in [5, 5.41) is 3.27. The quantitative estimate of drug-likeness (QED) is 0.864. The number of nitrogens with zero attached hydrogens (tertiary/aromatic N) is 1. The third kappa shape index (κ3) is 4.42. The summed E-state index contributed by atoms with van der Waals surface area (Å²) in [5.74, 6) is 0.151. The van der Waals surface area contributed by atoms with Gasteiger partial charge in [0.15, 0.2) is 0 Å². The van der Waals surface area contributed by atoms with Crippen LogP contribution in [0.2, 0.25) is 0 Å². The highest BCUT2D eigenvalue weighted by atomic mass is 16.5. The fourth-order valence-electron chi connectivity index (χ4n) is 4.22. The highest BCUT2D eigenvalue weighted by Gasteiger charge is 2.41. The van der Waals surface area contributed by atoms with E-state index in [0.29, 0.717) is 19.8 Å². The Balaban J connectivity index is 1.54. The highest BCUT2D eigenvalue weighted by molar-refractivity contribution is 5.83. The molecule has 4 rings (SSSR count). The summed E-state index contributed by atoms with van der Waals surface area (Å²) in [4.78, 5) is 17.5. The lowest BCUT2D eigenvalue weighted by molar-refractivity contribution is -0.138. The van der Waals surface area contributed by atoms with Crippen molar-refractivity contribution >= 4 is 5.91 Å². The number of hydrogen-bond donors (Lipinski definition) is 1. The molecular formula is C23H28N2O3. The highest BCUT2D eigenvalue weighted by Crippen LogP contribution is 2.36. The van der Waals surface area contributed by atoms with E-state index in [0.717, 1.165) is 49.8 Å². The molecule has 0 saturated carbocycles. The van der Waals surface area contributed by atoms with Crippen LogP contribution in [0.1, 0.15) is 31.2 Å². The van der Waals surface area contributed by atoms with E-state index in [9.17, 15) is 4.79 Å². The monoisotopic (exact) mass is 380 g/mol. The topological polar surface area (TPSA) is 60.5 Å². The summed E-state index contributed by atoms with van der Waals surface area (Å²) in [6.07, 6.45) is 7.89. The molecule has 2 aliphatic heterocycles. The summed E-state index contributed by atoms with van der Waals surface area (Å²) in [5.41, 5.74) is 2.99. The molecule has 1 N–H and O–H groups in total. The molecule has 2 aliphatic rings. The van der Waals surface area contributed by atoms with Gasteiger partial charge in [-0.3, -0.25) is 9.78 Å². The Morgan fingerprint density at radius 3 is 2.71 bits per heavy atom. The maximum absolute atomic E-state index is 13.3. The molecule has 1 amide bonds. The smallest absolute Gasteiger partial charge is 0.227 e. The zero-order chi connectivity index (χ0) is 19.2. The van der Waals surface area contributed by atoms with Crippen LogP contribution in [-0.4, -0.2) is 43.4 Å². The Hall–Kier alpha value is -2.24. The Morgan fingerprint density at radius 2 is 1.96 bits per heavy atom. The maximum atomic E-state index is 13.3. The van der Waals surface area contributed by atoms with Gasteiger partial charge in [-0.2, -0.15) is 0 Å². The van der Waals surface area contributed by atoms with E-state index < -0.39 is 5.41 Å². The third-order valence-corrected chi connectivity index (χ3v) is 5.89. The standard InChI is InChI=1S/C23H28N2O3/c26-22(25-21-7-3-11-28-17-21)23(8-12-27-13-9-23)15-18-4-1-5-19(14-18)20-6-2-10-24-16-20/h1-2,4-6,10,14,16,21H,3,7-9,11-13,15,17H2,(H,25,26). The van der Waals surface area contributed by atoms with Gasteiger partial charge in [0, 0.05) is 32.2 Å². The van der Waals surface area contributed by atoms with Gasteiger partial charge >= 0.3 is 0 Å². The van der Waals surface area contributed by atoms with Crippen LogP contribution in [0.4, 0.5) is 0 Å². The minimum atomic E-state index is -0.413. The molecule has 1 unspecified atom stereocenters. The number of amides is 1. The second-order valence-corrected chi connectivity index (χ2v) is 7.90. The molecule has 0 radical (unpaired) electrons. The van der Waals surface area contributed by atoms with Crippen LogP contribution in [0, 0.1) is 5.41 Å². The van der Waals surface area contributed by atoms with Gasteiger partial charge in [-0.05, 0) is 54.9 Å². The van der Waals surface area contributed by atoms with Gasteiger partial charge in [0.05, 0.1) is 18.1 Å². The molecule has 2 fully saturated rings. The molecule has 1 aromatic carbocycles. The minimum absolute atomic E-state index is 0.127. The van der Waals surface area contributed by atoms with Crippen LogP contribution in [0.25, 0.3) is 11.1 Å². The van der Waals surface area contributed by atoms with Crippen molar-refractivity contribution in [1.82, 2.24) is 10.3 Å². The van der Waals surface area contributed by atoms with Crippen molar-refractivity contribution in [2.24, 2.45) is 5.41 Å². The first-order valence-corrected chi connectivity index (χ1v) is 10.2. The lowest BCUT2D eigenvalue weighted by Crippen LogP contribution is -2.51. The van der Waals surface area contributed by atoms with Gasteiger partial charge in [-0.25, -0.2) is 0 Å². The van der Waals surface area contributed by atoms with Crippen molar-refractivity contribution < 1.29 is 14.3 Å². The molecule has 5 nitrogen and oxygen atoms in total. The van der Waals surface area contributed by atoms with Crippen molar-refractivity contribution in [2.45, 2.75) is 38.1 Å². The van der Waals surface area contributed by atoms with E-state index >= 15 is 0 Å². The Morgan fingerprint density at radius 1 is 1.11 bits per heavy atom. The van der Waals surface area contributed by atoms with Crippen LogP contribution in [0.3, 0.4) is 0 Å². The maximum Gasteiger partial charge on any atom is 0.227 e. The van der Waals surface area contributed by atoms with Crippen LogP contribution >= 0.6 is 0 Å².